The summed E-state index contributed by atoms with van der Waals surface area (Å²) in [5.41, 5.74) is 3.08. The molecule has 9 nitrogen and oxygen atoms in total. The van der Waals surface area contributed by atoms with Crippen LogP contribution in [0.15, 0.2) is 55.3 Å². The van der Waals surface area contributed by atoms with Crippen LogP contribution in [0.1, 0.15) is 16.2 Å². The van der Waals surface area contributed by atoms with Crippen molar-refractivity contribution < 1.29 is 23.2 Å². The fourth-order valence-corrected chi connectivity index (χ4v) is 2.04. The van der Waals surface area contributed by atoms with Crippen LogP contribution in [-0.4, -0.2) is 22.4 Å². The van der Waals surface area contributed by atoms with Crippen LogP contribution in [0.2, 0.25) is 0 Å². The lowest BCUT2D eigenvalue weighted by Gasteiger charge is -2.03. The number of anilines is 2. The number of oxime groups is 1. The van der Waals surface area contributed by atoms with Crippen molar-refractivity contribution >= 4 is 39.6 Å². The average molecular weight is 410 g/mol. The number of carbonyl (C=O) groups excluding carboxylic acids is 1. The molecule has 0 unspecified atom stereocenters. The van der Waals surface area contributed by atoms with Crippen LogP contribution in [-0.2, 0) is 4.94 Å². The predicted molar refractivity (Wildman–Crippen MR) is 87.4 cm³/mol. The molecule has 0 bridgehead atoms. The van der Waals surface area contributed by atoms with Gasteiger partial charge < -0.3 is 4.42 Å². The number of halogens is 2. The molecular weight excluding hydrogens is 401 g/mol. The third-order valence-corrected chi connectivity index (χ3v) is 3.41. The summed E-state index contributed by atoms with van der Waals surface area (Å²) >= 11 is 3.05. The van der Waals surface area contributed by atoms with Gasteiger partial charge in [0.15, 0.2) is 11.5 Å². The molecule has 0 aliphatic carbocycles. The van der Waals surface area contributed by atoms with E-state index in [1.807, 2.05) is 0 Å². The van der Waals surface area contributed by atoms with Crippen LogP contribution >= 0.6 is 15.9 Å². The monoisotopic (exact) mass is 409 g/mol. The van der Waals surface area contributed by atoms with Gasteiger partial charge in [-0.1, -0.05) is 5.16 Å². The number of nitrogens with one attached hydrogen (secondary N) is 2. The van der Waals surface area contributed by atoms with E-state index in [2.05, 4.69) is 46.8 Å². The molecule has 2 heterocycles. The summed E-state index contributed by atoms with van der Waals surface area (Å²) < 4.78 is 22.9. The summed E-state index contributed by atoms with van der Waals surface area (Å²) in [4.78, 5) is 16.7. The number of carbonyl (C=O) groups is 1. The SMILES string of the molecule is O=C(Nc1nonc1/C=N/ONc1ccc(F)c(Br)c1)c1ccco1. The van der Waals surface area contributed by atoms with Gasteiger partial charge in [0, 0.05) is 0 Å². The van der Waals surface area contributed by atoms with Crippen molar-refractivity contribution in [1.29, 1.82) is 0 Å². The summed E-state index contributed by atoms with van der Waals surface area (Å²) in [6, 6.07) is 7.25. The molecule has 0 saturated heterocycles. The van der Waals surface area contributed by atoms with E-state index in [4.69, 9.17) is 9.36 Å². The van der Waals surface area contributed by atoms with Gasteiger partial charge >= 0.3 is 0 Å². The molecule has 3 rings (SSSR count). The van der Waals surface area contributed by atoms with E-state index in [-0.39, 0.29) is 21.7 Å². The zero-order valence-electron chi connectivity index (χ0n) is 12.3. The average Bonchev–Trinajstić information content (AvgIpc) is 3.27. The van der Waals surface area contributed by atoms with E-state index in [1.165, 1.54) is 36.7 Å². The number of furan rings is 1. The first-order valence-electron chi connectivity index (χ1n) is 6.71. The second kappa shape index (κ2) is 7.57. The third kappa shape index (κ3) is 4.20. The lowest BCUT2D eigenvalue weighted by molar-refractivity contribution is 0.0995. The molecule has 0 fully saturated rings. The van der Waals surface area contributed by atoms with Crippen molar-refractivity contribution in [2.24, 2.45) is 5.16 Å². The van der Waals surface area contributed by atoms with Gasteiger partial charge in [-0.3, -0.25) is 15.0 Å². The first-order valence-corrected chi connectivity index (χ1v) is 7.50. The van der Waals surface area contributed by atoms with E-state index in [9.17, 15) is 9.18 Å². The molecular formula is C14H9BrFN5O4. The molecule has 1 aromatic carbocycles. The molecule has 11 heteroatoms. The molecule has 25 heavy (non-hydrogen) atoms. The number of hydrogen-bond acceptors (Lipinski definition) is 8. The number of rotatable bonds is 6. The maximum atomic E-state index is 13.1. The fourth-order valence-electron chi connectivity index (χ4n) is 1.66. The number of hydrogen-bond donors (Lipinski definition) is 2. The van der Waals surface area contributed by atoms with Gasteiger partial charge in [-0.2, -0.15) is 5.48 Å². The zero-order chi connectivity index (χ0) is 17.6. The molecule has 0 atom stereocenters. The Morgan fingerprint density at radius 1 is 1.36 bits per heavy atom. The summed E-state index contributed by atoms with van der Waals surface area (Å²) in [6.07, 6.45) is 2.53. The lowest BCUT2D eigenvalue weighted by atomic mass is 10.3. The van der Waals surface area contributed by atoms with Gasteiger partial charge in [-0.25, -0.2) is 9.02 Å². The summed E-state index contributed by atoms with van der Waals surface area (Å²) in [5.74, 6) is -0.783. The molecule has 0 spiro atoms. The highest BCUT2D eigenvalue weighted by atomic mass is 79.9. The van der Waals surface area contributed by atoms with Gasteiger partial charge in [-0.05, 0) is 56.6 Å². The summed E-state index contributed by atoms with van der Waals surface area (Å²) in [6.45, 7) is 0. The first kappa shape index (κ1) is 16.6. The van der Waals surface area contributed by atoms with E-state index < -0.39 is 11.7 Å². The fraction of sp³-hybridized carbons (Fsp3) is 0. The highest BCUT2D eigenvalue weighted by Crippen LogP contribution is 2.20. The van der Waals surface area contributed by atoms with Gasteiger partial charge in [0.25, 0.3) is 5.91 Å². The van der Waals surface area contributed by atoms with Crippen molar-refractivity contribution in [1.82, 2.24) is 10.3 Å². The normalized spacial score (nSPS) is 10.8. The molecule has 0 saturated carbocycles. The number of benzene rings is 1. The van der Waals surface area contributed by atoms with Crippen molar-refractivity contribution in [3.05, 3.63) is 58.3 Å². The Balaban J connectivity index is 1.58. The standard InChI is InChI=1S/C14H9BrFN5O4/c15-9-6-8(3-4-10(9)16)19-24-17-7-11-13(21-25-20-11)18-14(22)12-2-1-5-23-12/h1-7,19H,(H,18,21,22)/b17-7+. The van der Waals surface area contributed by atoms with Crippen LogP contribution in [0.5, 0.6) is 0 Å². The molecule has 0 radical (unpaired) electrons. The van der Waals surface area contributed by atoms with E-state index in [0.717, 1.165) is 0 Å². The van der Waals surface area contributed by atoms with Crippen LogP contribution in [0.4, 0.5) is 15.9 Å². The van der Waals surface area contributed by atoms with E-state index >= 15 is 0 Å². The summed E-state index contributed by atoms with van der Waals surface area (Å²) in [5, 5.41) is 13.2. The third-order valence-electron chi connectivity index (χ3n) is 2.80. The summed E-state index contributed by atoms with van der Waals surface area (Å²) in [7, 11) is 0. The first-order chi connectivity index (χ1) is 12.1. The van der Waals surface area contributed by atoms with Gasteiger partial charge in [0.2, 0.25) is 5.82 Å². The topological polar surface area (TPSA) is 115 Å². The van der Waals surface area contributed by atoms with E-state index in [0.29, 0.717) is 5.69 Å². The van der Waals surface area contributed by atoms with Crippen molar-refractivity contribution in [2.45, 2.75) is 0 Å². The van der Waals surface area contributed by atoms with Crippen molar-refractivity contribution in [3.8, 4) is 0 Å². The molecule has 0 aliphatic heterocycles. The van der Waals surface area contributed by atoms with Crippen molar-refractivity contribution in [2.75, 3.05) is 10.8 Å². The van der Waals surface area contributed by atoms with Gasteiger partial charge in [0.05, 0.1) is 16.4 Å². The van der Waals surface area contributed by atoms with Gasteiger partial charge in [-0.15, -0.1) is 0 Å². The van der Waals surface area contributed by atoms with Gasteiger partial charge in [0.1, 0.15) is 12.0 Å². The molecule has 0 aliphatic rings. The Hall–Kier alpha value is -3.21. The minimum atomic E-state index is -0.523. The second-order valence-corrected chi connectivity index (χ2v) is 5.34. The maximum absolute atomic E-state index is 13.1. The second-order valence-electron chi connectivity index (χ2n) is 4.49. The number of amides is 1. The Labute approximate surface area is 147 Å². The predicted octanol–water partition coefficient (Wildman–Crippen LogP) is 3.19. The largest absolute Gasteiger partial charge is 0.459 e. The molecule has 3 aromatic rings. The smallest absolute Gasteiger partial charge is 0.292 e. The molecule has 2 aromatic heterocycles. The molecule has 128 valence electrons. The highest BCUT2D eigenvalue weighted by Gasteiger charge is 2.15. The number of aromatic nitrogens is 2. The maximum Gasteiger partial charge on any atom is 0.292 e. The Morgan fingerprint density at radius 2 is 2.24 bits per heavy atom. The van der Waals surface area contributed by atoms with Crippen LogP contribution in [0.25, 0.3) is 0 Å². The molecule has 2 N–H and O–H groups in total. The Bertz CT molecular complexity index is 897. The Morgan fingerprint density at radius 3 is 3.00 bits per heavy atom. The van der Waals surface area contributed by atoms with Crippen LogP contribution in [0.3, 0.4) is 0 Å². The van der Waals surface area contributed by atoms with Crippen LogP contribution in [0, 0.1) is 5.82 Å². The number of nitrogens with zero attached hydrogens (tertiary/aromatic N) is 3. The van der Waals surface area contributed by atoms with Crippen molar-refractivity contribution in [3.63, 3.8) is 0 Å². The zero-order valence-corrected chi connectivity index (χ0v) is 13.9. The molecule has 1 amide bonds. The van der Waals surface area contributed by atoms with E-state index in [1.54, 1.807) is 6.07 Å². The minimum Gasteiger partial charge on any atom is -0.459 e. The lowest BCUT2D eigenvalue weighted by Crippen LogP contribution is -2.12. The highest BCUT2D eigenvalue weighted by molar-refractivity contribution is 9.10. The Kier molecular flexibility index (Phi) is 5.04. The minimum absolute atomic E-state index is 0.0401. The van der Waals surface area contributed by atoms with Crippen LogP contribution < -0.4 is 10.8 Å². The quantitative estimate of drug-likeness (QED) is 0.474.